The van der Waals surface area contributed by atoms with Gasteiger partial charge in [0.1, 0.15) is 11.4 Å². The molecular formula is C12H11N3O3S. The van der Waals surface area contributed by atoms with E-state index in [0.29, 0.717) is 11.4 Å². The van der Waals surface area contributed by atoms with Crippen molar-refractivity contribution in [2.45, 2.75) is 0 Å². The van der Waals surface area contributed by atoms with Crippen LogP contribution in [-0.2, 0) is 9.59 Å². The smallest absolute Gasteiger partial charge is 0.273 e. The molecule has 1 aromatic rings. The molecule has 0 radical (unpaired) electrons. The molecule has 4 N–H and O–H groups in total. The Morgan fingerprint density at radius 1 is 1.32 bits per heavy atom. The summed E-state index contributed by atoms with van der Waals surface area (Å²) in [4.78, 5) is 22.0. The molecule has 0 aliphatic carbocycles. The number of ether oxygens (including phenoxy) is 1. The largest absolute Gasteiger partial charge is 0.484 e. The highest BCUT2D eigenvalue weighted by Crippen LogP contribution is 2.14. The second-order valence-corrected chi connectivity index (χ2v) is 4.20. The van der Waals surface area contributed by atoms with Crippen molar-refractivity contribution in [1.29, 1.82) is 0 Å². The predicted octanol–water partition coefficient (Wildman–Crippen LogP) is -0.104. The molecule has 1 aromatic carbocycles. The number of nitrogens with two attached hydrogens (primary N) is 1. The number of carbonyl (C=O) groups is 2. The van der Waals surface area contributed by atoms with Crippen molar-refractivity contribution < 1.29 is 14.3 Å². The van der Waals surface area contributed by atoms with E-state index in [2.05, 4.69) is 10.6 Å². The molecule has 1 heterocycles. The molecule has 1 fully saturated rings. The Hall–Kier alpha value is -2.41. The Bertz CT molecular complexity index is 566. The van der Waals surface area contributed by atoms with Gasteiger partial charge in [-0.3, -0.25) is 14.9 Å². The van der Waals surface area contributed by atoms with E-state index in [1.165, 1.54) is 0 Å². The minimum Gasteiger partial charge on any atom is -0.484 e. The normalized spacial score (nSPS) is 16.1. The fourth-order valence-electron chi connectivity index (χ4n) is 1.46. The SMILES string of the molecule is NC(=O)COc1ccc(/C=C2/NC(=S)NC2=O)cc1. The Morgan fingerprint density at radius 2 is 2.00 bits per heavy atom. The lowest BCUT2D eigenvalue weighted by atomic mass is 10.2. The van der Waals surface area contributed by atoms with E-state index in [0.717, 1.165) is 5.56 Å². The second-order valence-electron chi connectivity index (χ2n) is 3.79. The monoisotopic (exact) mass is 277 g/mol. The Balaban J connectivity index is 2.06. The first kappa shape index (κ1) is 13.0. The van der Waals surface area contributed by atoms with Crippen LogP contribution >= 0.6 is 12.2 Å². The van der Waals surface area contributed by atoms with Gasteiger partial charge in [-0.2, -0.15) is 0 Å². The number of nitrogens with one attached hydrogen (secondary N) is 2. The predicted molar refractivity (Wildman–Crippen MR) is 73.0 cm³/mol. The van der Waals surface area contributed by atoms with Crippen molar-refractivity contribution in [3.63, 3.8) is 0 Å². The quantitative estimate of drug-likeness (QED) is 0.527. The van der Waals surface area contributed by atoms with Crippen molar-refractivity contribution >= 4 is 35.2 Å². The highest BCUT2D eigenvalue weighted by atomic mass is 32.1. The fourth-order valence-corrected chi connectivity index (χ4v) is 1.67. The summed E-state index contributed by atoms with van der Waals surface area (Å²) in [5.74, 6) is -0.272. The molecule has 2 rings (SSSR count). The number of hydrogen-bond donors (Lipinski definition) is 3. The van der Waals surface area contributed by atoms with Gasteiger partial charge in [0.25, 0.3) is 11.8 Å². The van der Waals surface area contributed by atoms with Crippen molar-refractivity contribution in [1.82, 2.24) is 10.6 Å². The average molecular weight is 277 g/mol. The van der Waals surface area contributed by atoms with Gasteiger partial charge in [0.2, 0.25) is 0 Å². The van der Waals surface area contributed by atoms with Crippen LogP contribution in [0.25, 0.3) is 6.08 Å². The number of primary amides is 1. The minimum atomic E-state index is -0.536. The van der Waals surface area contributed by atoms with Crippen molar-refractivity contribution in [2.75, 3.05) is 6.61 Å². The summed E-state index contributed by atoms with van der Waals surface area (Å²) in [5, 5.41) is 5.50. The fraction of sp³-hybridized carbons (Fsp3) is 0.0833. The summed E-state index contributed by atoms with van der Waals surface area (Å²) in [6, 6.07) is 6.86. The third-order valence-corrected chi connectivity index (χ3v) is 2.50. The number of hydrogen-bond acceptors (Lipinski definition) is 4. The highest BCUT2D eigenvalue weighted by molar-refractivity contribution is 7.80. The lowest BCUT2D eigenvalue weighted by Crippen LogP contribution is -2.21. The van der Waals surface area contributed by atoms with E-state index >= 15 is 0 Å². The van der Waals surface area contributed by atoms with Gasteiger partial charge in [0, 0.05) is 0 Å². The lowest BCUT2D eigenvalue weighted by Gasteiger charge is -2.03. The molecule has 6 nitrogen and oxygen atoms in total. The summed E-state index contributed by atoms with van der Waals surface area (Å²) in [6.45, 7) is -0.168. The van der Waals surface area contributed by atoms with Crippen LogP contribution in [0.5, 0.6) is 5.75 Å². The number of amides is 2. The van der Waals surface area contributed by atoms with Crippen molar-refractivity contribution in [3.05, 3.63) is 35.5 Å². The van der Waals surface area contributed by atoms with E-state index in [1.807, 2.05) is 0 Å². The summed E-state index contributed by atoms with van der Waals surface area (Å²) in [7, 11) is 0. The van der Waals surface area contributed by atoms with Gasteiger partial charge < -0.3 is 15.8 Å². The van der Waals surface area contributed by atoms with Gasteiger partial charge in [0.05, 0.1) is 0 Å². The molecule has 19 heavy (non-hydrogen) atoms. The van der Waals surface area contributed by atoms with E-state index in [-0.39, 0.29) is 17.6 Å². The van der Waals surface area contributed by atoms with E-state index in [1.54, 1.807) is 30.3 Å². The average Bonchev–Trinajstić information content (AvgIpc) is 2.67. The Labute approximate surface area is 114 Å². The third kappa shape index (κ3) is 3.52. The first-order valence-corrected chi connectivity index (χ1v) is 5.80. The Morgan fingerprint density at radius 3 is 2.53 bits per heavy atom. The van der Waals surface area contributed by atoms with Gasteiger partial charge in [-0.15, -0.1) is 0 Å². The van der Waals surface area contributed by atoms with Crippen LogP contribution in [0.4, 0.5) is 0 Å². The molecule has 0 spiro atoms. The standard InChI is InChI=1S/C12H11N3O3S/c13-10(16)6-18-8-3-1-7(2-4-8)5-9-11(17)15-12(19)14-9/h1-5H,6H2,(H2,13,16)(H2,14,15,17,19)/b9-5+. The van der Waals surface area contributed by atoms with Crippen LogP contribution in [-0.4, -0.2) is 23.5 Å². The molecule has 0 saturated carbocycles. The maximum absolute atomic E-state index is 11.4. The topological polar surface area (TPSA) is 93.5 Å². The Kier molecular flexibility index (Phi) is 3.76. The lowest BCUT2D eigenvalue weighted by molar-refractivity contribution is -0.120. The van der Waals surface area contributed by atoms with Crippen molar-refractivity contribution in [3.8, 4) is 5.75 Å². The number of thiocarbonyl (C=S) groups is 1. The summed E-state index contributed by atoms with van der Waals surface area (Å²) >= 11 is 4.82. The molecule has 0 unspecified atom stereocenters. The molecule has 1 aliphatic heterocycles. The zero-order valence-electron chi connectivity index (χ0n) is 9.80. The van der Waals surface area contributed by atoms with Crippen LogP contribution in [0.2, 0.25) is 0 Å². The van der Waals surface area contributed by atoms with Gasteiger partial charge in [0.15, 0.2) is 11.7 Å². The zero-order valence-corrected chi connectivity index (χ0v) is 10.6. The van der Waals surface area contributed by atoms with E-state index in [4.69, 9.17) is 22.7 Å². The molecule has 1 aliphatic rings. The highest BCUT2D eigenvalue weighted by Gasteiger charge is 2.19. The van der Waals surface area contributed by atoms with Crippen LogP contribution in [0.3, 0.4) is 0 Å². The summed E-state index contributed by atoms with van der Waals surface area (Å²) in [5.41, 5.74) is 6.15. The van der Waals surface area contributed by atoms with Crippen LogP contribution in [0.15, 0.2) is 30.0 Å². The molecule has 0 aromatic heterocycles. The molecule has 98 valence electrons. The number of carbonyl (C=O) groups excluding carboxylic acids is 2. The number of benzene rings is 1. The van der Waals surface area contributed by atoms with E-state index in [9.17, 15) is 9.59 Å². The minimum absolute atomic E-state index is 0.168. The van der Waals surface area contributed by atoms with Gasteiger partial charge in [-0.25, -0.2) is 0 Å². The first-order valence-electron chi connectivity index (χ1n) is 5.40. The van der Waals surface area contributed by atoms with Crippen LogP contribution in [0, 0.1) is 0 Å². The van der Waals surface area contributed by atoms with Crippen LogP contribution < -0.4 is 21.1 Å². The first-order chi connectivity index (χ1) is 9.04. The zero-order chi connectivity index (χ0) is 13.8. The van der Waals surface area contributed by atoms with Crippen LogP contribution in [0.1, 0.15) is 5.56 Å². The van der Waals surface area contributed by atoms with E-state index < -0.39 is 5.91 Å². The second kappa shape index (κ2) is 5.49. The summed E-state index contributed by atoms with van der Waals surface area (Å²) in [6.07, 6.45) is 1.66. The van der Waals surface area contributed by atoms with Gasteiger partial charge in [-0.05, 0) is 36.0 Å². The summed E-state index contributed by atoms with van der Waals surface area (Å²) < 4.78 is 5.12. The molecule has 0 atom stereocenters. The maximum Gasteiger partial charge on any atom is 0.273 e. The van der Waals surface area contributed by atoms with Gasteiger partial charge in [-0.1, -0.05) is 12.1 Å². The molecule has 0 bridgehead atoms. The maximum atomic E-state index is 11.4. The number of rotatable bonds is 4. The van der Waals surface area contributed by atoms with Gasteiger partial charge >= 0.3 is 0 Å². The molecular weight excluding hydrogens is 266 g/mol. The molecule has 1 saturated heterocycles. The molecule has 7 heteroatoms. The third-order valence-electron chi connectivity index (χ3n) is 2.29. The molecule has 2 amide bonds. The van der Waals surface area contributed by atoms with Crippen molar-refractivity contribution in [2.24, 2.45) is 5.73 Å².